The molecule has 26 heavy (non-hydrogen) atoms. The summed E-state index contributed by atoms with van der Waals surface area (Å²) in [4.78, 5) is 13.1. The van der Waals surface area contributed by atoms with Crippen LogP contribution in [0.2, 0.25) is 0 Å². The quantitative estimate of drug-likeness (QED) is 0.540. The van der Waals surface area contributed by atoms with Gasteiger partial charge in [-0.1, -0.05) is 31.7 Å². The highest BCUT2D eigenvalue weighted by atomic mass is 16.5. The Kier molecular flexibility index (Phi) is 4.88. The van der Waals surface area contributed by atoms with Gasteiger partial charge in [-0.05, 0) is 17.1 Å². The molecule has 0 atom stereocenters. The van der Waals surface area contributed by atoms with Crippen LogP contribution in [0, 0.1) is 0 Å². The summed E-state index contributed by atoms with van der Waals surface area (Å²) in [6, 6.07) is 10.9. The van der Waals surface area contributed by atoms with Crippen LogP contribution in [-0.2, 0) is 6.54 Å². The minimum atomic E-state index is -1.46. The number of hydrogen-bond donors (Lipinski definition) is 2. The Balaban J connectivity index is 0.00000196. The van der Waals surface area contributed by atoms with Gasteiger partial charge in [0, 0.05) is 18.0 Å². The van der Waals surface area contributed by atoms with Gasteiger partial charge in [0.15, 0.2) is 5.65 Å². The maximum Gasteiger partial charge on any atom is 0.488 e. The lowest BCUT2D eigenvalue weighted by molar-refractivity contribution is 0.399. The molecule has 3 heterocycles. The molecule has 0 fully saturated rings. The van der Waals surface area contributed by atoms with Crippen molar-refractivity contribution < 1.29 is 14.8 Å². The number of fused-ring (bicyclic) bond motifs is 3. The Hall–Kier alpha value is -2.97. The highest BCUT2D eigenvalue weighted by molar-refractivity contribution is 6.58. The second kappa shape index (κ2) is 7.11. The van der Waals surface area contributed by atoms with Crippen molar-refractivity contribution in [1.82, 2.24) is 19.5 Å². The number of nitrogens with zero attached hydrogens (tertiary/aromatic N) is 4. The van der Waals surface area contributed by atoms with Crippen LogP contribution in [0.5, 0.6) is 5.88 Å². The molecule has 8 heteroatoms. The van der Waals surface area contributed by atoms with E-state index in [1.165, 1.54) is 0 Å². The van der Waals surface area contributed by atoms with Crippen LogP contribution < -0.4 is 10.2 Å². The van der Waals surface area contributed by atoms with Crippen LogP contribution in [0.15, 0.2) is 48.9 Å². The highest BCUT2D eigenvalue weighted by Crippen LogP contribution is 2.24. The van der Waals surface area contributed by atoms with Crippen LogP contribution in [0.1, 0.15) is 13.0 Å². The van der Waals surface area contributed by atoms with Crippen molar-refractivity contribution in [3.05, 3.63) is 54.5 Å². The third kappa shape index (κ3) is 3.12. The van der Waals surface area contributed by atoms with Crippen molar-refractivity contribution in [2.75, 3.05) is 7.11 Å². The SMILES string of the molecule is C.COc1ccc2c(ncc3ncn(Cc4ccc(B(O)O)cc4)c32)n1. The second-order valence-electron chi connectivity index (χ2n) is 5.70. The van der Waals surface area contributed by atoms with Crippen LogP contribution in [0.3, 0.4) is 0 Å². The molecule has 0 radical (unpaired) electrons. The first kappa shape index (κ1) is 17.8. The van der Waals surface area contributed by atoms with E-state index < -0.39 is 7.12 Å². The Bertz CT molecular complexity index is 1050. The van der Waals surface area contributed by atoms with Crippen LogP contribution >= 0.6 is 0 Å². The number of hydrogen-bond acceptors (Lipinski definition) is 6. The smallest absolute Gasteiger partial charge is 0.481 e. The van der Waals surface area contributed by atoms with E-state index in [-0.39, 0.29) is 7.43 Å². The van der Waals surface area contributed by atoms with Gasteiger partial charge in [0.25, 0.3) is 0 Å². The summed E-state index contributed by atoms with van der Waals surface area (Å²) in [7, 11) is 0.114. The first-order chi connectivity index (χ1) is 12.2. The van der Waals surface area contributed by atoms with Crippen molar-refractivity contribution >= 4 is 34.6 Å². The zero-order chi connectivity index (χ0) is 17.4. The molecule has 0 unspecified atom stereocenters. The number of benzene rings is 1. The summed E-state index contributed by atoms with van der Waals surface area (Å²) in [5, 5.41) is 19.3. The lowest BCUT2D eigenvalue weighted by Crippen LogP contribution is -2.29. The van der Waals surface area contributed by atoms with Crippen molar-refractivity contribution in [3.63, 3.8) is 0 Å². The Morgan fingerprint density at radius 1 is 1.08 bits per heavy atom. The van der Waals surface area contributed by atoms with Gasteiger partial charge in [-0.2, -0.15) is 4.98 Å². The molecule has 4 rings (SSSR count). The first-order valence-electron chi connectivity index (χ1n) is 7.75. The number of rotatable bonds is 4. The maximum atomic E-state index is 9.19. The largest absolute Gasteiger partial charge is 0.488 e. The van der Waals surface area contributed by atoms with E-state index in [9.17, 15) is 10.0 Å². The summed E-state index contributed by atoms with van der Waals surface area (Å²) in [6.07, 6.45) is 3.47. The number of imidazole rings is 1. The average molecular weight is 350 g/mol. The fourth-order valence-corrected chi connectivity index (χ4v) is 2.85. The number of aromatic nitrogens is 4. The number of ether oxygens (including phenoxy) is 1. The van der Waals surface area contributed by atoms with Crippen molar-refractivity contribution in [2.24, 2.45) is 0 Å². The van der Waals surface area contributed by atoms with Crippen molar-refractivity contribution in [3.8, 4) is 5.88 Å². The summed E-state index contributed by atoms with van der Waals surface area (Å²) in [5.74, 6) is 0.517. The molecule has 7 nitrogen and oxygen atoms in total. The fourth-order valence-electron chi connectivity index (χ4n) is 2.85. The molecule has 0 saturated heterocycles. The van der Waals surface area contributed by atoms with Crippen molar-refractivity contribution in [2.45, 2.75) is 14.0 Å². The van der Waals surface area contributed by atoms with Gasteiger partial charge >= 0.3 is 7.12 Å². The Morgan fingerprint density at radius 3 is 2.54 bits per heavy atom. The third-order valence-corrected chi connectivity index (χ3v) is 4.12. The molecule has 0 bridgehead atoms. The highest BCUT2D eigenvalue weighted by Gasteiger charge is 2.12. The summed E-state index contributed by atoms with van der Waals surface area (Å²) >= 11 is 0. The molecule has 0 aliphatic carbocycles. The molecular formula is C18H19BN4O3. The summed E-state index contributed by atoms with van der Waals surface area (Å²) in [6.45, 7) is 0.601. The monoisotopic (exact) mass is 350 g/mol. The second-order valence-corrected chi connectivity index (χ2v) is 5.70. The van der Waals surface area contributed by atoms with E-state index in [0.717, 1.165) is 22.0 Å². The standard InChI is InChI=1S/C17H15BN4O3.CH4/c1-25-15-7-6-13-16-14(8-19-17(13)21-15)20-10-22(16)9-11-2-4-12(5-3-11)18(23)24;/h2-8,10,23-24H,9H2,1H3;1H4. The first-order valence-corrected chi connectivity index (χ1v) is 7.75. The molecule has 0 amide bonds. The van der Waals surface area contributed by atoms with E-state index in [2.05, 4.69) is 15.0 Å². The molecule has 0 aliphatic rings. The van der Waals surface area contributed by atoms with Crippen LogP contribution in [0.25, 0.3) is 22.1 Å². The van der Waals surface area contributed by atoms with Gasteiger partial charge in [-0.3, -0.25) is 0 Å². The minimum absolute atomic E-state index is 0. The van der Waals surface area contributed by atoms with E-state index in [1.807, 2.05) is 22.8 Å². The van der Waals surface area contributed by atoms with Gasteiger partial charge in [0.1, 0.15) is 5.52 Å². The zero-order valence-corrected chi connectivity index (χ0v) is 13.5. The normalized spacial score (nSPS) is 10.7. The average Bonchev–Trinajstić information content (AvgIpc) is 3.05. The lowest BCUT2D eigenvalue weighted by Gasteiger charge is -2.08. The van der Waals surface area contributed by atoms with Gasteiger partial charge in [-0.15, -0.1) is 0 Å². The molecular weight excluding hydrogens is 331 g/mol. The van der Waals surface area contributed by atoms with Gasteiger partial charge < -0.3 is 19.4 Å². The number of methoxy groups -OCH3 is 1. The van der Waals surface area contributed by atoms with Crippen molar-refractivity contribution in [1.29, 1.82) is 0 Å². The molecule has 0 saturated carbocycles. The zero-order valence-electron chi connectivity index (χ0n) is 13.5. The van der Waals surface area contributed by atoms with Crippen LogP contribution in [-0.4, -0.2) is 43.8 Å². The molecule has 4 aromatic rings. The van der Waals surface area contributed by atoms with E-state index in [1.54, 1.807) is 37.8 Å². The van der Waals surface area contributed by atoms with E-state index in [0.29, 0.717) is 23.5 Å². The van der Waals surface area contributed by atoms with E-state index in [4.69, 9.17) is 4.74 Å². The van der Waals surface area contributed by atoms with Gasteiger partial charge in [-0.25, -0.2) is 9.97 Å². The van der Waals surface area contributed by atoms with E-state index >= 15 is 0 Å². The fraction of sp³-hybridized carbons (Fsp3) is 0.167. The summed E-state index contributed by atoms with van der Waals surface area (Å²) in [5.41, 5.74) is 3.83. The Labute approximate surface area is 151 Å². The minimum Gasteiger partial charge on any atom is -0.481 e. The van der Waals surface area contributed by atoms with Gasteiger partial charge in [0.2, 0.25) is 5.88 Å². The Morgan fingerprint density at radius 2 is 1.85 bits per heavy atom. The predicted molar refractivity (Wildman–Crippen MR) is 101 cm³/mol. The molecule has 3 aromatic heterocycles. The molecule has 132 valence electrons. The predicted octanol–water partition coefficient (Wildman–Crippen LogP) is 1.35. The molecule has 2 N–H and O–H groups in total. The van der Waals surface area contributed by atoms with Crippen LogP contribution in [0.4, 0.5) is 0 Å². The molecule has 0 spiro atoms. The topological polar surface area (TPSA) is 93.3 Å². The molecule has 1 aromatic carbocycles. The summed E-state index contributed by atoms with van der Waals surface area (Å²) < 4.78 is 7.18. The third-order valence-electron chi connectivity index (χ3n) is 4.12. The van der Waals surface area contributed by atoms with Gasteiger partial charge in [0.05, 0.1) is 25.2 Å². The lowest BCUT2D eigenvalue weighted by atomic mass is 9.80. The number of pyridine rings is 2. The maximum absolute atomic E-state index is 9.19. The molecule has 0 aliphatic heterocycles.